The highest BCUT2D eigenvalue weighted by Crippen LogP contribution is 2.35. The van der Waals surface area contributed by atoms with Crippen LogP contribution in [0, 0.1) is 11.3 Å². The molecule has 0 bridgehead atoms. The normalized spacial score (nSPS) is 16.6. The van der Waals surface area contributed by atoms with Crippen LogP contribution in [0.5, 0.6) is 5.88 Å². The van der Waals surface area contributed by atoms with Crippen molar-refractivity contribution in [3.63, 3.8) is 0 Å². The molecule has 5 nitrogen and oxygen atoms in total. The number of ether oxygens (including phenoxy) is 3. The van der Waals surface area contributed by atoms with Gasteiger partial charge in [-0.2, -0.15) is 5.26 Å². The predicted molar refractivity (Wildman–Crippen MR) is 106 cm³/mol. The van der Waals surface area contributed by atoms with Gasteiger partial charge in [0, 0.05) is 5.39 Å². The maximum Gasteiger partial charge on any atom is 0.222 e. The van der Waals surface area contributed by atoms with E-state index in [1.54, 1.807) is 7.11 Å². The lowest BCUT2D eigenvalue weighted by atomic mass is 9.78. The number of rotatable bonds is 5. The van der Waals surface area contributed by atoms with Crippen molar-refractivity contribution in [1.29, 1.82) is 5.26 Å². The standard InChI is InChI=1S/C23H22N2O3/c1-23(15-24,14-16-6-4-3-5-7-16)18-9-8-17-12-19(22-27-10-11-28-22)21(26-2)25-20(17)13-18/h3-9,12-13,22H,10-11,14H2,1-2H3. The number of methoxy groups -OCH3 is 1. The smallest absolute Gasteiger partial charge is 0.222 e. The molecule has 0 radical (unpaired) electrons. The Morgan fingerprint density at radius 2 is 1.89 bits per heavy atom. The zero-order valence-electron chi connectivity index (χ0n) is 16.0. The molecule has 0 N–H and O–H groups in total. The molecular weight excluding hydrogens is 352 g/mol. The average molecular weight is 374 g/mol. The fourth-order valence-electron chi connectivity index (χ4n) is 3.59. The SMILES string of the molecule is COc1nc2cc(C(C)(C#N)Cc3ccccc3)ccc2cc1C1OCCO1. The maximum atomic E-state index is 9.93. The molecule has 0 aliphatic carbocycles. The number of aromatic nitrogens is 1. The largest absolute Gasteiger partial charge is 0.481 e. The van der Waals surface area contributed by atoms with Gasteiger partial charge in [-0.05, 0) is 36.6 Å². The summed E-state index contributed by atoms with van der Waals surface area (Å²) in [7, 11) is 1.59. The Kier molecular flexibility index (Phi) is 4.99. The number of nitriles is 1. The lowest BCUT2D eigenvalue weighted by molar-refractivity contribution is -0.0457. The van der Waals surface area contributed by atoms with Crippen molar-refractivity contribution < 1.29 is 14.2 Å². The second-order valence-electron chi connectivity index (χ2n) is 7.17. The summed E-state index contributed by atoms with van der Waals surface area (Å²) in [6, 6.07) is 20.5. The second-order valence-corrected chi connectivity index (χ2v) is 7.17. The summed E-state index contributed by atoms with van der Waals surface area (Å²) in [5.41, 5.74) is 2.98. The van der Waals surface area contributed by atoms with Crippen molar-refractivity contribution in [2.45, 2.75) is 25.0 Å². The lowest BCUT2D eigenvalue weighted by Gasteiger charge is -2.23. The van der Waals surface area contributed by atoms with E-state index in [1.165, 1.54) is 0 Å². The molecule has 1 unspecified atom stereocenters. The summed E-state index contributed by atoms with van der Waals surface area (Å²) in [6.45, 7) is 3.09. The molecule has 1 atom stereocenters. The minimum absolute atomic E-state index is 0.450. The molecule has 2 heterocycles. The van der Waals surface area contributed by atoms with Gasteiger partial charge < -0.3 is 14.2 Å². The minimum Gasteiger partial charge on any atom is -0.481 e. The van der Waals surface area contributed by atoms with E-state index >= 15 is 0 Å². The number of hydrogen-bond donors (Lipinski definition) is 0. The average Bonchev–Trinajstić information content (AvgIpc) is 3.27. The lowest BCUT2D eigenvalue weighted by Crippen LogP contribution is -2.22. The molecular formula is C23H22N2O3. The van der Waals surface area contributed by atoms with Gasteiger partial charge in [0.2, 0.25) is 5.88 Å². The van der Waals surface area contributed by atoms with E-state index in [4.69, 9.17) is 14.2 Å². The van der Waals surface area contributed by atoms with Gasteiger partial charge in [0.15, 0.2) is 6.29 Å². The van der Waals surface area contributed by atoms with Crippen molar-refractivity contribution in [2.24, 2.45) is 0 Å². The highest BCUT2D eigenvalue weighted by Gasteiger charge is 2.28. The van der Waals surface area contributed by atoms with E-state index in [9.17, 15) is 5.26 Å². The molecule has 1 aliphatic heterocycles. The van der Waals surface area contributed by atoms with Gasteiger partial charge in [0.25, 0.3) is 0 Å². The highest BCUT2D eigenvalue weighted by atomic mass is 16.7. The van der Waals surface area contributed by atoms with Gasteiger partial charge >= 0.3 is 0 Å². The number of nitrogens with zero attached hydrogens (tertiary/aromatic N) is 2. The molecule has 142 valence electrons. The van der Waals surface area contributed by atoms with Crippen LogP contribution in [-0.2, 0) is 21.3 Å². The first kappa shape index (κ1) is 18.4. The Balaban J connectivity index is 1.74. The summed E-state index contributed by atoms with van der Waals surface area (Å²) >= 11 is 0. The van der Waals surface area contributed by atoms with E-state index < -0.39 is 11.7 Å². The number of fused-ring (bicyclic) bond motifs is 1. The van der Waals surface area contributed by atoms with Crippen LogP contribution in [0.15, 0.2) is 54.6 Å². The quantitative estimate of drug-likeness (QED) is 0.666. The zero-order valence-corrected chi connectivity index (χ0v) is 16.0. The second kappa shape index (κ2) is 7.59. The Hall–Kier alpha value is -2.94. The number of hydrogen-bond acceptors (Lipinski definition) is 5. The van der Waals surface area contributed by atoms with E-state index in [2.05, 4.69) is 11.1 Å². The van der Waals surface area contributed by atoms with Gasteiger partial charge in [0.05, 0.1) is 42.9 Å². The molecule has 1 aromatic heterocycles. The van der Waals surface area contributed by atoms with Crippen LogP contribution in [-0.4, -0.2) is 25.3 Å². The molecule has 1 fully saturated rings. The monoisotopic (exact) mass is 374 g/mol. The topological polar surface area (TPSA) is 64.4 Å². The van der Waals surface area contributed by atoms with Gasteiger partial charge in [-0.25, -0.2) is 4.98 Å². The van der Waals surface area contributed by atoms with E-state index in [0.717, 1.165) is 27.6 Å². The summed E-state index contributed by atoms with van der Waals surface area (Å²) in [4.78, 5) is 4.66. The Morgan fingerprint density at radius 1 is 1.14 bits per heavy atom. The summed E-state index contributed by atoms with van der Waals surface area (Å²) in [5.74, 6) is 0.485. The van der Waals surface area contributed by atoms with Crippen LogP contribution in [0.2, 0.25) is 0 Å². The van der Waals surface area contributed by atoms with Crippen LogP contribution < -0.4 is 4.74 Å². The third-order valence-electron chi connectivity index (χ3n) is 5.16. The van der Waals surface area contributed by atoms with Crippen LogP contribution in [0.25, 0.3) is 10.9 Å². The summed E-state index contributed by atoms with van der Waals surface area (Å²) < 4.78 is 16.7. The zero-order chi connectivity index (χ0) is 19.6. The molecule has 1 saturated heterocycles. The first-order valence-electron chi connectivity index (χ1n) is 9.30. The first-order chi connectivity index (χ1) is 13.6. The number of benzene rings is 2. The minimum atomic E-state index is -0.652. The molecule has 4 rings (SSSR count). The van der Waals surface area contributed by atoms with E-state index in [1.807, 2.05) is 61.5 Å². The van der Waals surface area contributed by atoms with E-state index in [0.29, 0.717) is 25.5 Å². The molecule has 28 heavy (non-hydrogen) atoms. The molecule has 3 aromatic rings. The molecule has 0 saturated carbocycles. The van der Waals surface area contributed by atoms with Crippen LogP contribution >= 0.6 is 0 Å². The van der Waals surface area contributed by atoms with Crippen molar-refractivity contribution in [3.8, 4) is 11.9 Å². The van der Waals surface area contributed by atoms with Crippen molar-refractivity contribution >= 4 is 10.9 Å². The summed E-state index contributed by atoms with van der Waals surface area (Å²) in [6.07, 6.45) is 0.184. The Bertz CT molecular complexity index is 1020. The summed E-state index contributed by atoms with van der Waals surface area (Å²) in [5, 5.41) is 10.9. The maximum absolute atomic E-state index is 9.93. The molecule has 0 spiro atoms. The van der Waals surface area contributed by atoms with Gasteiger partial charge in [0.1, 0.15) is 0 Å². The first-order valence-corrected chi connectivity index (χ1v) is 9.30. The number of pyridine rings is 1. The third-order valence-corrected chi connectivity index (χ3v) is 5.16. The van der Waals surface area contributed by atoms with E-state index in [-0.39, 0.29) is 0 Å². The fraction of sp³-hybridized carbons (Fsp3) is 0.304. The molecule has 0 amide bonds. The van der Waals surface area contributed by atoms with Gasteiger partial charge in [-0.15, -0.1) is 0 Å². The van der Waals surface area contributed by atoms with Gasteiger partial charge in [-0.1, -0.05) is 42.5 Å². The van der Waals surface area contributed by atoms with Crippen molar-refractivity contribution in [2.75, 3.05) is 20.3 Å². The molecule has 5 heteroatoms. The predicted octanol–water partition coefficient (Wildman–Crippen LogP) is 4.31. The Labute approximate surface area is 164 Å². The van der Waals surface area contributed by atoms with Crippen LogP contribution in [0.3, 0.4) is 0 Å². The fourth-order valence-corrected chi connectivity index (χ4v) is 3.59. The van der Waals surface area contributed by atoms with Gasteiger partial charge in [-0.3, -0.25) is 0 Å². The van der Waals surface area contributed by atoms with Crippen molar-refractivity contribution in [1.82, 2.24) is 4.98 Å². The third kappa shape index (κ3) is 3.45. The van der Waals surface area contributed by atoms with Crippen LogP contribution in [0.4, 0.5) is 0 Å². The van der Waals surface area contributed by atoms with Crippen LogP contribution in [0.1, 0.15) is 29.9 Å². The molecule has 1 aliphatic rings. The molecule has 2 aromatic carbocycles. The van der Waals surface area contributed by atoms with Crippen molar-refractivity contribution in [3.05, 3.63) is 71.3 Å². The highest BCUT2D eigenvalue weighted by molar-refractivity contribution is 5.81. The Morgan fingerprint density at radius 3 is 2.57 bits per heavy atom.